The van der Waals surface area contributed by atoms with Gasteiger partial charge in [-0.2, -0.15) is 5.10 Å². The van der Waals surface area contributed by atoms with Crippen LogP contribution in [0.5, 0.6) is 5.75 Å². The third-order valence-electron chi connectivity index (χ3n) is 5.39. The molecule has 2 aromatic heterocycles. The predicted molar refractivity (Wildman–Crippen MR) is 101 cm³/mol. The molecule has 0 spiro atoms. The number of carbonyl (C=O) groups excluding carboxylic acids is 1. The largest absolute Gasteiger partial charge is 0.488 e. The van der Waals surface area contributed by atoms with E-state index < -0.39 is 0 Å². The van der Waals surface area contributed by atoms with Crippen molar-refractivity contribution >= 4 is 17.4 Å². The maximum atomic E-state index is 13.9. The zero-order chi connectivity index (χ0) is 19.1. The van der Waals surface area contributed by atoms with Crippen molar-refractivity contribution in [3.05, 3.63) is 53.6 Å². The fraction of sp³-hybridized carbons (Fsp3) is 0.350. The number of carbonyl (C=O) groups is 1. The Balaban J connectivity index is 1.60. The fourth-order valence-electron chi connectivity index (χ4n) is 3.93. The molecule has 1 unspecified atom stereocenters. The topological polar surface area (TPSA) is 80.5 Å². The van der Waals surface area contributed by atoms with Crippen molar-refractivity contribution in [2.75, 3.05) is 5.32 Å². The van der Waals surface area contributed by atoms with Crippen LogP contribution in [0.4, 0.5) is 10.2 Å². The number of halogens is 1. The van der Waals surface area contributed by atoms with Crippen LogP contribution in [0.25, 0.3) is 5.65 Å². The molecule has 1 aromatic carbocycles. The zero-order valence-electron chi connectivity index (χ0n) is 15.2. The van der Waals surface area contributed by atoms with Crippen LogP contribution < -0.4 is 15.4 Å². The molecule has 0 radical (unpaired) electrons. The standard InChI is InChI=1S/C20H20FN5O2/c21-13-5-6-16-12(9-13)10-22-18-7-8-26-19(25-18)14(11-23-26)20(27)24-15-3-1-2-4-17(15)28-16/h5-9,11,15,17H,1-4,10H2,(H,22,25)(H,24,27)/t15?,17-/m0/s1. The highest BCUT2D eigenvalue weighted by atomic mass is 19.1. The van der Waals surface area contributed by atoms with Crippen molar-refractivity contribution in [3.8, 4) is 5.75 Å². The summed E-state index contributed by atoms with van der Waals surface area (Å²) in [5, 5.41) is 10.5. The van der Waals surface area contributed by atoms with E-state index in [2.05, 4.69) is 20.7 Å². The van der Waals surface area contributed by atoms with Crippen molar-refractivity contribution < 1.29 is 13.9 Å². The van der Waals surface area contributed by atoms with Gasteiger partial charge in [-0.15, -0.1) is 0 Å². The van der Waals surface area contributed by atoms with Gasteiger partial charge in [-0.05, 0) is 43.5 Å². The minimum atomic E-state index is -0.316. The number of rotatable bonds is 0. The molecule has 5 rings (SSSR count). The molecule has 1 aliphatic heterocycles. The van der Waals surface area contributed by atoms with Gasteiger partial charge in [0.15, 0.2) is 5.65 Å². The van der Waals surface area contributed by atoms with E-state index in [1.807, 2.05) is 0 Å². The summed E-state index contributed by atoms with van der Waals surface area (Å²) >= 11 is 0. The van der Waals surface area contributed by atoms with Crippen LogP contribution in [0.2, 0.25) is 0 Å². The number of nitrogens with zero attached hydrogens (tertiary/aromatic N) is 3. The summed E-state index contributed by atoms with van der Waals surface area (Å²) in [5.41, 5.74) is 1.62. The number of anilines is 1. The molecule has 144 valence electrons. The molecule has 8 heteroatoms. The van der Waals surface area contributed by atoms with Gasteiger partial charge >= 0.3 is 0 Å². The monoisotopic (exact) mass is 381 g/mol. The van der Waals surface area contributed by atoms with Crippen molar-refractivity contribution in [2.45, 2.75) is 44.4 Å². The average Bonchev–Trinajstić information content (AvgIpc) is 3.12. The Morgan fingerprint density at radius 2 is 2.11 bits per heavy atom. The van der Waals surface area contributed by atoms with Gasteiger partial charge in [0, 0.05) is 18.3 Å². The van der Waals surface area contributed by atoms with Gasteiger partial charge in [-0.1, -0.05) is 6.42 Å². The van der Waals surface area contributed by atoms with E-state index in [-0.39, 0.29) is 23.9 Å². The molecule has 3 aromatic rings. The van der Waals surface area contributed by atoms with Gasteiger partial charge in [0.2, 0.25) is 0 Å². The predicted octanol–water partition coefficient (Wildman–Crippen LogP) is 2.91. The Bertz CT molecular complexity index is 1050. The van der Waals surface area contributed by atoms with Crippen LogP contribution in [0.3, 0.4) is 0 Å². The van der Waals surface area contributed by atoms with Gasteiger partial charge in [0.25, 0.3) is 5.91 Å². The van der Waals surface area contributed by atoms with Crippen LogP contribution in [0.15, 0.2) is 36.7 Å². The summed E-state index contributed by atoms with van der Waals surface area (Å²) in [6, 6.07) is 6.17. The molecule has 7 nitrogen and oxygen atoms in total. The first kappa shape index (κ1) is 17.0. The van der Waals surface area contributed by atoms with Crippen LogP contribution in [-0.4, -0.2) is 32.7 Å². The maximum Gasteiger partial charge on any atom is 0.257 e. The third kappa shape index (κ3) is 3.04. The van der Waals surface area contributed by atoms with E-state index in [4.69, 9.17) is 4.74 Å². The van der Waals surface area contributed by atoms with Crippen molar-refractivity contribution in [1.82, 2.24) is 19.9 Å². The molecule has 1 fully saturated rings. The van der Waals surface area contributed by atoms with Gasteiger partial charge in [-0.25, -0.2) is 13.9 Å². The van der Waals surface area contributed by atoms with Crippen molar-refractivity contribution in [3.63, 3.8) is 0 Å². The highest BCUT2D eigenvalue weighted by Crippen LogP contribution is 2.28. The molecule has 1 aliphatic carbocycles. The second-order valence-electron chi connectivity index (χ2n) is 7.27. The summed E-state index contributed by atoms with van der Waals surface area (Å²) in [7, 11) is 0. The van der Waals surface area contributed by atoms with Gasteiger partial charge in [0.05, 0.1) is 12.2 Å². The van der Waals surface area contributed by atoms with Crippen LogP contribution >= 0.6 is 0 Å². The molecular formula is C20H20FN5O2. The highest BCUT2D eigenvalue weighted by molar-refractivity contribution is 6.00. The SMILES string of the molecule is O=C1NC2CCCC[C@@H]2Oc2ccc(F)cc2CNc2ccn3ncc1c3n2. The minimum absolute atomic E-state index is 0.119. The fourth-order valence-corrected chi connectivity index (χ4v) is 3.93. The Morgan fingerprint density at radius 1 is 1.21 bits per heavy atom. The van der Waals surface area contributed by atoms with E-state index in [1.54, 1.807) is 22.8 Å². The number of fused-ring (bicyclic) bond motifs is 3. The molecule has 28 heavy (non-hydrogen) atoms. The number of nitrogens with one attached hydrogen (secondary N) is 2. The first-order valence-corrected chi connectivity index (χ1v) is 9.51. The number of hydrogen-bond acceptors (Lipinski definition) is 5. The Kier molecular flexibility index (Phi) is 4.11. The maximum absolute atomic E-state index is 13.9. The summed E-state index contributed by atoms with van der Waals surface area (Å²) in [5.74, 6) is 0.680. The first-order valence-electron chi connectivity index (χ1n) is 9.51. The van der Waals surface area contributed by atoms with Gasteiger partial charge in [0.1, 0.15) is 29.1 Å². The molecule has 1 saturated carbocycles. The number of aromatic nitrogens is 3. The molecule has 1 amide bonds. The summed E-state index contributed by atoms with van der Waals surface area (Å²) in [6.07, 6.45) is 6.85. The number of benzene rings is 1. The quantitative estimate of drug-likeness (QED) is 0.626. The second-order valence-corrected chi connectivity index (χ2v) is 7.27. The van der Waals surface area contributed by atoms with Gasteiger partial charge in [-0.3, -0.25) is 4.79 Å². The molecule has 2 bridgehead atoms. The lowest BCUT2D eigenvalue weighted by molar-refractivity contribution is 0.0797. The molecule has 0 saturated heterocycles. The van der Waals surface area contributed by atoms with Crippen LogP contribution in [0, 0.1) is 5.82 Å². The smallest absolute Gasteiger partial charge is 0.257 e. The molecule has 3 heterocycles. The van der Waals surface area contributed by atoms with Crippen LogP contribution in [0.1, 0.15) is 41.6 Å². The van der Waals surface area contributed by atoms with E-state index in [0.29, 0.717) is 34.9 Å². The summed E-state index contributed by atoms with van der Waals surface area (Å²) in [4.78, 5) is 17.4. The van der Waals surface area contributed by atoms with Crippen LogP contribution in [-0.2, 0) is 6.54 Å². The van der Waals surface area contributed by atoms with E-state index in [1.165, 1.54) is 18.3 Å². The third-order valence-corrected chi connectivity index (χ3v) is 5.39. The van der Waals surface area contributed by atoms with Crippen molar-refractivity contribution in [1.29, 1.82) is 0 Å². The number of hydrogen-bond donors (Lipinski definition) is 2. The van der Waals surface area contributed by atoms with Gasteiger partial charge < -0.3 is 15.4 Å². The second kappa shape index (κ2) is 6.78. The van der Waals surface area contributed by atoms with Crippen molar-refractivity contribution in [2.24, 2.45) is 0 Å². The normalized spacial score (nSPS) is 22.0. The lowest BCUT2D eigenvalue weighted by Gasteiger charge is -2.33. The molecule has 2 atom stereocenters. The average molecular weight is 381 g/mol. The zero-order valence-corrected chi connectivity index (χ0v) is 15.2. The Labute approximate surface area is 160 Å². The first-order chi connectivity index (χ1) is 13.7. The molecular weight excluding hydrogens is 361 g/mol. The Morgan fingerprint density at radius 3 is 3.04 bits per heavy atom. The molecule has 2 aliphatic rings. The number of ether oxygens (including phenoxy) is 1. The summed E-state index contributed by atoms with van der Waals surface area (Å²) in [6.45, 7) is 0.360. The minimum Gasteiger partial charge on any atom is -0.488 e. The molecule has 2 N–H and O–H groups in total. The van der Waals surface area contributed by atoms with E-state index >= 15 is 0 Å². The summed E-state index contributed by atoms with van der Waals surface area (Å²) < 4.78 is 21.7. The Hall–Kier alpha value is -3.16. The van der Waals surface area contributed by atoms with E-state index in [9.17, 15) is 9.18 Å². The van der Waals surface area contributed by atoms with E-state index in [0.717, 1.165) is 25.7 Å². The lowest BCUT2D eigenvalue weighted by atomic mass is 9.92. The lowest BCUT2D eigenvalue weighted by Crippen LogP contribution is -2.47. The highest BCUT2D eigenvalue weighted by Gasteiger charge is 2.30. The number of amides is 1.